The molecule has 0 amide bonds. The molecule has 3 nitrogen and oxygen atoms in total. The number of nitrogens with one attached hydrogen (secondary N) is 1. The van der Waals surface area contributed by atoms with Crippen LogP contribution in [0.4, 0.5) is 0 Å². The van der Waals surface area contributed by atoms with E-state index in [0.717, 1.165) is 31.6 Å². The van der Waals surface area contributed by atoms with E-state index in [1.165, 1.54) is 13.0 Å². The second kappa shape index (κ2) is 3.95. The van der Waals surface area contributed by atoms with Crippen LogP contribution < -0.4 is 11.1 Å². The van der Waals surface area contributed by atoms with Gasteiger partial charge in [-0.05, 0) is 24.8 Å². The van der Waals surface area contributed by atoms with Gasteiger partial charge in [-0.25, -0.2) is 0 Å². The Labute approximate surface area is 80.0 Å². The van der Waals surface area contributed by atoms with Gasteiger partial charge in [-0.15, -0.1) is 0 Å². The van der Waals surface area contributed by atoms with E-state index < -0.39 is 0 Å². The Morgan fingerprint density at radius 2 is 2.00 bits per heavy atom. The highest BCUT2D eigenvalue weighted by Crippen LogP contribution is 2.36. The summed E-state index contributed by atoms with van der Waals surface area (Å²) in [5.41, 5.74) is 5.87. The van der Waals surface area contributed by atoms with Crippen LogP contribution in [0.25, 0.3) is 0 Å². The number of hydrogen-bond donors (Lipinski definition) is 2. The van der Waals surface area contributed by atoms with E-state index in [1.54, 1.807) is 0 Å². The van der Waals surface area contributed by atoms with E-state index in [9.17, 15) is 0 Å². The van der Waals surface area contributed by atoms with Crippen molar-refractivity contribution in [1.82, 2.24) is 5.32 Å². The predicted octanol–water partition coefficient (Wildman–Crippen LogP) is 0.206. The van der Waals surface area contributed by atoms with Gasteiger partial charge in [-0.3, -0.25) is 0 Å². The van der Waals surface area contributed by atoms with Crippen molar-refractivity contribution in [2.75, 3.05) is 26.3 Å². The second-order valence-electron chi connectivity index (χ2n) is 4.59. The summed E-state index contributed by atoms with van der Waals surface area (Å²) in [7, 11) is 0. The highest BCUT2D eigenvalue weighted by atomic mass is 16.5. The first-order chi connectivity index (χ1) is 6.27. The van der Waals surface area contributed by atoms with Gasteiger partial charge in [0.15, 0.2) is 0 Å². The van der Waals surface area contributed by atoms with Crippen molar-refractivity contribution in [1.29, 1.82) is 0 Å². The zero-order chi connectivity index (χ0) is 9.26. The second-order valence-corrected chi connectivity index (χ2v) is 4.59. The van der Waals surface area contributed by atoms with E-state index in [0.29, 0.717) is 5.92 Å². The van der Waals surface area contributed by atoms with Crippen LogP contribution >= 0.6 is 0 Å². The summed E-state index contributed by atoms with van der Waals surface area (Å²) >= 11 is 0. The van der Waals surface area contributed by atoms with Gasteiger partial charge in [0.1, 0.15) is 0 Å². The van der Waals surface area contributed by atoms with Gasteiger partial charge >= 0.3 is 0 Å². The summed E-state index contributed by atoms with van der Waals surface area (Å²) in [6.07, 6.45) is 1.40. The molecule has 0 spiro atoms. The molecule has 2 aliphatic rings. The Morgan fingerprint density at radius 3 is 2.54 bits per heavy atom. The first-order valence-electron chi connectivity index (χ1n) is 5.31. The van der Waals surface area contributed by atoms with E-state index in [2.05, 4.69) is 12.2 Å². The van der Waals surface area contributed by atoms with Crippen molar-refractivity contribution in [2.45, 2.75) is 19.4 Å². The van der Waals surface area contributed by atoms with Gasteiger partial charge in [-0.2, -0.15) is 0 Å². The molecule has 1 heterocycles. The van der Waals surface area contributed by atoms with Crippen molar-refractivity contribution < 1.29 is 4.74 Å². The van der Waals surface area contributed by atoms with Crippen molar-refractivity contribution in [2.24, 2.45) is 23.5 Å². The molecule has 1 saturated carbocycles. The van der Waals surface area contributed by atoms with Crippen molar-refractivity contribution in [3.8, 4) is 0 Å². The maximum atomic E-state index is 5.87. The zero-order valence-corrected chi connectivity index (χ0v) is 8.33. The molecular formula is C10H20N2O. The molecule has 1 aliphatic heterocycles. The summed E-state index contributed by atoms with van der Waals surface area (Å²) in [6.45, 7) is 6.10. The van der Waals surface area contributed by atoms with Crippen LogP contribution in [0.3, 0.4) is 0 Å². The van der Waals surface area contributed by atoms with E-state index in [1.807, 2.05) is 0 Å². The minimum absolute atomic E-state index is 0.254. The Kier molecular flexibility index (Phi) is 2.86. The molecule has 3 heteroatoms. The minimum Gasteiger partial charge on any atom is -0.379 e. The average molecular weight is 184 g/mol. The molecule has 4 atom stereocenters. The van der Waals surface area contributed by atoms with Crippen LogP contribution in [0.15, 0.2) is 0 Å². The van der Waals surface area contributed by atoms with Crippen LogP contribution in [0.1, 0.15) is 13.3 Å². The zero-order valence-electron chi connectivity index (χ0n) is 8.33. The lowest BCUT2D eigenvalue weighted by molar-refractivity contribution is 0.183. The normalized spacial score (nSPS) is 43.8. The number of rotatable bonds is 4. The Morgan fingerprint density at radius 1 is 1.31 bits per heavy atom. The molecule has 1 saturated heterocycles. The lowest BCUT2D eigenvalue weighted by Gasteiger charge is -2.13. The van der Waals surface area contributed by atoms with Crippen LogP contribution in [-0.2, 0) is 4.74 Å². The highest BCUT2D eigenvalue weighted by Gasteiger charge is 2.32. The summed E-state index contributed by atoms with van der Waals surface area (Å²) in [6, 6.07) is 0.254. The molecule has 0 aromatic carbocycles. The fraction of sp³-hybridized carbons (Fsp3) is 1.00. The van der Waals surface area contributed by atoms with Crippen molar-refractivity contribution >= 4 is 0 Å². The first kappa shape index (κ1) is 9.44. The molecule has 13 heavy (non-hydrogen) atoms. The quantitative estimate of drug-likeness (QED) is 0.656. The van der Waals surface area contributed by atoms with Gasteiger partial charge in [0.2, 0.25) is 0 Å². The smallest absolute Gasteiger partial charge is 0.0621 e. The molecule has 2 fully saturated rings. The third-order valence-corrected chi connectivity index (χ3v) is 3.34. The number of hydrogen-bond acceptors (Lipinski definition) is 3. The van der Waals surface area contributed by atoms with Crippen LogP contribution in [0, 0.1) is 17.8 Å². The number of nitrogens with two attached hydrogens (primary N) is 1. The van der Waals surface area contributed by atoms with E-state index in [4.69, 9.17) is 10.5 Å². The fourth-order valence-electron chi connectivity index (χ4n) is 1.96. The van der Waals surface area contributed by atoms with Crippen LogP contribution in [0.5, 0.6) is 0 Å². The molecule has 1 aliphatic carbocycles. The third-order valence-electron chi connectivity index (χ3n) is 3.34. The average Bonchev–Trinajstić information content (AvgIpc) is 2.63. The summed E-state index contributed by atoms with van der Waals surface area (Å²) < 4.78 is 5.30. The van der Waals surface area contributed by atoms with Gasteiger partial charge < -0.3 is 15.8 Å². The Bertz CT molecular complexity index is 174. The molecule has 2 rings (SSSR count). The highest BCUT2D eigenvalue weighted by molar-refractivity contribution is 4.85. The SMILES string of the molecule is CC1CC1CNCC1COCC1N. The monoisotopic (exact) mass is 184 g/mol. The van der Waals surface area contributed by atoms with Crippen LogP contribution in [0.2, 0.25) is 0 Å². The fourth-order valence-corrected chi connectivity index (χ4v) is 1.96. The molecular weight excluding hydrogens is 164 g/mol. The lowest BCUT2D eigenvalue weighted by Crippen LogP contribution is -2.36. The minimum atomic E-state index is 0.254. The molecule has 4 unspecified atom stereocenters. The van der Waals surface area contributed by atoms with Crippen molar-refractivity contribution in [3.63, 3.8) is 0 Å². The predicted molar refractivity (Wildman–Crippen MR) is 52.4 cm³/mol. The Balaban J connectivity index is 1.57. The summed E-state index contributed by atoms with van der Waals surface area (Å²) in [5, 5.41) is 3.49. The molecule has 0 bridgehead atoms. The number of ether oxygens (including phenoxy) is 1. The van der Waals surface area contributed by atoms with Gasteiger partial charge in [0, 0.05) is 18.5 Å². The standard InChI is InChI=1S/C10H20N2O/c1-7-2-8(7)3-12-4-9-5-13-6-10(9)11/h7-10,12H,2-6,11H2,1H3. The van der Waals surface area contributed by atoms with E-state index >= 15 is 0 Å². The molecule has 0 radical (unpaired) electrons. The van der Waals surface area contributed by atoms with Crippen LogP contribution in [-0.4, -0.2) is 32.3 Å². The van der Waals surface area contributed by atoms with E-state index in [-0.39, 0.29) is 6.04 Å². The summed E-state index contributed by atoms with van der Waals surface area (Å²) in [4.78, 5) is 0. The summed E-state index contributed by atoms with van der Waals surface area (Å²) in [5.74, 6) is 2.41. The third kappa shape index (κ3) is 2.42. The van der Waals surface area contributed by atoms with Gasteiger partial charge in [0.05, 0.1) is 13.2 Å². The lowest BCUT2D eigenvalue weighted by atomic mass is 10.1. The van der Waals surface area contributed by atoms with Crippen molar-refractivity contribution in [3.05, 3.63) is 0 Å². The first-order valence-corrected chi connectivity index (χ1v) is 5.31. The maximum Gasteiger partial charge on any atom is 0.0621 e. The largest absolute Gasteiger partial charge is 0.379 e. The van der Waals surface area contributed by atoms with Gasteiger partial charge in [0.25, 0.3) is 0 Å². The molecule has 76 valence electrons. The molecule has 0 aromatic heterocycles. The maximum absolute atomic E-state index is 5.87. The Hall–Kier alpha value is -0.120. The molecule has 3 N–H and O–H groups in total. The molecule has 0 aromatic rings. The van der Waals surface area contributed by atoms with Gasteiger partial charge in [-0.1, -0.05) is 6.92 Å². The topological polar surface area (TPSA) is 47.3 Å².